The highest BCUT2D eigenvalue weighted by atomic mass is 35.5. The molecule has 0 bridgehead atoms. The molecule has 3 aromatic rings. The summed E-state index contributed by atoms with van der Waals surface area (Å²) in [6.45, 7) is 2.26. The number of fused-ring (bicyclic) bond motifs is 1. The van der Waals surface area contributed by atoms with Crippen molar-refractivity contribution in [2.75, 3.05) is 22.1 Å². The molecule has 1 unspecified atom stereocenters. The van der Waals surface area contributed by atoms with E-state index in [1.165, 1.54) is 0 Å². The molecule has 0 radical (unpaired) electrons. The van der Waals surface area contributed by atoms with Gasteiger partial charge >= 0.3 is 6.03 Å². The Labute approximate surface area is 185 Å². The first-order chi connectivity index (χ1) is 15.0. The number of nitrogens with one attached hydrogen (secondary N) is 2. The van der Waals surface area contributed by atoms with Crippen molar-refractivity contribution in [3.63, 3.8) is 0 Å². The monoisotopic (exact) mass is 435 g/mol. The molecule has 3 amide bonds. The van der Waals surface area contributed by atoms with Gasteiger partial charge in [-0.05, 0) is 61.4 Å². The predicted molar refractivity (Wildman–Crippen MR) is 123 cm³/mol. The highest BCUT2D eigenvalue weighted by Gasteiger charge is 2.31. The summed E-state index contributed by atoms with van der Waals surface area (Å²) >= 11 is 5.87. The first-order valence-corrected chi connectivity index (χ1v) is 10.4. The Morgan fingerprint density at radius 3 is 2.42 bits per heavy atom. The average molecular weight is 436 g/mol. The fourth-order valence-electron chi connectivity index (χ4n) is 3.43. The lowest BCUT2D eigenvalue weighted by Gasteiger charge is -2.33. The van der Waals surface area contributed by atoms with Gasteiger partial charge < -0.3 is 20.3 Å². The zero-order valence-electron chi connectivity index (χ0n) is 17.0. The van der Waals surface area contributed by atoms with Gasteiger partial charge in [-0.25, -0.2) is 4.79 Å². The van der Waals surface area contributed by atoms with Crippen LogP contribution in [-0.4, -0.2) is 24.6 Å². The van der Waals surface area contributed by atoms with E-state index in [4.69, 9.17) is 16.3 Å². The molecule has 31 heavy (non-hydrogen) atoms. The second kappa shape index (κ2) is 9.10. The van der Waals surface area contributed by atoms with E-state index in [1.807, 2.05) is 30.3 Å². The number of benzene rings is 3. The Hall–Kier alpha value is -3.51. The van der Waals surface area contributed by atoms with E-state index >= 15 is 0 Å². The molecular formula is C24H22ClN3O3. The van der Waals surface area contributed by atoms with Crippen LogP contribution in [0.5, 0.6) is 5.75 Å². The summed E-state index contributed by atoms with van der Waals surface area (Å²) in [5, 5.41) is 6.14. The van der Waals surface area contributed by atoms with Gasteiger partial charge in [0.15, 0.2) is 6.10 Å². The summed E-state index contributed by atoms with van der Waals surface area (Å²) < 4.78 is 5.76. The van der Waals surface area contributed by atoms with Crippen molar-refractivity contribution in [1.29, 1.82) is 0 Å². The molecule has 1 atom stereocenters. The van der Waals surface area contributed by atoms with Crippen LogP contribution in [0.1, 0.15) is 12.5 Å². The first kappa shape index (κ1) is 20.8. The Kier molecular flexibility index (Phi) is 6.09. The van der Waals surface area contributed by atoms with Gasteiger partial charge in [0.25, 0.3) is 5.91 Å². The molecule has 1 aliphatic heterocycles. The minimum absolute atomic E-state index is 0.105. The normalized spacial score (nSPS) is 15.1. The number of carbonyl (C=O) groups is 2. The van der Waals surface area contributed by atoms with E-state index < -0.39 is 12.1 Å². The Morgan fingerprint density at radius 2 is 1.68 bits per heavy atom. The lowest BCUT2D eigenvalue weighted by atomic mass is 10.1. The van der Waals surface area contributed by atoms with Gasteiger partial charge in [-0.2, -0.15) is 0 Å². The molecular weight excluding hydrogens is 414 g/mol. The van der Waals surface area contributed by atoms with E-state index in [2.05, 4.69) is 10.6 Å². The lowest BCUT2D eigenvalue weighted by molar-refractivity contribution is -0.125. The van der Waals surface area contributed by atoms with Crippen molar-refractivity contribution >= 4 is 40.6 Å². The molecule has 0 fully saturated rings. The van der Waals surface area contributed by atoms with Gasteiger partial charge in [0, 0.05) is 22.9 Å². The molecule has 0 aliphatic carbocycles. The fourth-order valence-corrected chi connectivity index (χ4v) is 3.55. The number of nitrogens with zero attached hydrogens (tertiary/aromatic N) is 1. The van der Waals surface area contributed by atoms with E-state index in [9.17, 15) is 9.59 Å². The number of hydrogen-bond donors (Lipinski definition) is 2. The molecule has 7 heteroatoms. The molecule has 158 valence electrons. The Morgan fingerprint density at radius 1 is 1.00 bits per heavy atom. The van der Waals surface area contributed by atoms with Gasteiger partial charge in [-0.3, -0.25) is 4.79 Å². The highest BCUT2D eigenvalue weighted by Crippen LogP contribution is 2.36. The van der Waals surface area contributed by atoms with Crippen LogP contribution in [0.25, 0.3) is 0 Å². The van der Waals surface area contributed by atoms with Crippen LogP contribution in [0.15, 0.2) is 72.8 Å². The van der Waals surface area contributed by atoms with Gasteiger partial charge in [0.2, 0.25) is 0 Å². The molecule has 0 saturated carbocycles. The maximum atomic E-state index is 12.8. The number of urea groups is 1. The molecule has 4 rings (SSSR count). The highest BCUT2D eigenvalue weighted by molar-refractivity contribution is 6.30. The van der Waals surface area contributed by atoms with Crippen molar-refractivity contribution in [2.24, 2.45) is 0 Å². The van der Waals surface area contributed by atoms with Gasteiger partial charge in [0.1, 0.15) is 5.75 Å². The smallest absolute Gasteiger partial charge is 0.323 e. The molecule has 2 N–H and O–H groups in total. The van der Waals surface area contributed by atoms with Crippen LogP contribution in [-0.2, 0) is 11.2 Å². The van der Waals surface area contributed by atoms with Crippen LogP contribution in [0.3, 0.4) is 0 Å². The van der Waals surface area contributed by atoms with Crippen molar-refractivity contribution in [2.45, 2.75) is 19.4 Å². The van der Waals surface area contributed by atoms with E-state index in [0.29, 0.717) is 40.8 Å². The topological polar surface area (TPSA) is 70.7 Å². The number of amides is 3. The molecule has 3 aromatic carbocycles. The summed E-state index contributed by atoms with van der Waals surface area (Å²) in [7, 11) is 0. The van der Waals surface area contributed by atoms with Crippen molar-refractivity contribution in [3.05, 3.63) is 83.4 Å². The fraction of sp³-hybridized carbons (Fsp3) is 0.167. The van der Waals surface area contributed by atoms with Crippen molar-refractivity contribution < 1.29 is 14.3 Å². The number of anilines is 3. The van der Waals surface area contributed by atoms with Gasteiger partial charge in [-0.1, -0.05) is 41.9 Å². The van der Waals surface area contributed by atoms with E-state index in [0.717, 1.165) is 5.56 Å². The van der Waals surface area contributed by atoms with E-state index in [-0.39, 0.29) is 5.91 Å². The van der Waals surface area contributed by atoms with Gasteiger partial charge in [-0.15, -0.1) is 0 Å². The first-order valence-electron chi connectivity index (χ1n) is 9.99. The number of hydrogen-bond acceptors (Lipinski definition) is 3. The third-order valence-electron chi connectivity index (χ3n) is 4.99. The Balaban J connectivity index is 1.50. The summed E-state index contributed by atoms with van der Waals surface area (Å²) in [5.41, 5.74) is 2.97. The maximum absolute atomic E-state index is 12.8. The standard InChI is InChI=1S/C24H22ClN3O3/c1-16-23(29)28(14-13-17-5-3-2-4-6-17)21-15-20(11-12-22(21)31-16)27-24(30)26-19-9-7-18(25)8-10-19/h2-12,15-16H,13-14H2,1H3,(H2,26,27,30). The van der Waals surface area contributed by atoms with Crippen LogP contribution in [0, 0.1) is 0 Å². The van der Waals surface area contributed by atoms with Crippen LogP contribution < -0.4 is 20.3 Å². The molecule has 6 nitrogen and oxygen atoms in total. The Bertz CT molecular complexity index is 1090. The second-order valence-electron chi connectivity index (χ2n) is 7.25. The number of rotatable bonds is 5. The average Bonchev–Trinajstić information content (AvgIpc) is 2.77. The number of halogens is 1. The zero-order chi connectivity index (χ0) is 21.8. The molecule has 1 aliphatic rings. The summed E-state index contributed by atoms with van der Waals surface area (Å²) in [6, 6.07) is 21.7. The van der Waals surface area contributed by atoms with E-state index in [1.54, 1.807) is 54.3 Å². The summed E-state index contributed by atoms with van der Waals surface area (Å²) in [5.74, 6) is 0.509. The molecule has 0 saturated heterocycles. The minimum atomic E-state index is -0.560. The number of carbonyl (C=O) groups excluding carboxylic acids is 2. The van der Waals surface area contributed by atoms with Crippen LogP contribution in [0.4, 0.5) is 21.9 Å². The zero-order valence-corrected chi connectivity index (χ0v) is 17.7. The second-order valence-corrected chi connectivity index (χ2v) is 7.69. The van der Waals surface area contributed by atoms with Crippen LogP contribution in [0.2, 0.25) is 5.02 Å². The SMILES string of the molecule is CC1Oc2ccc(NC(=O)Nc3ccc(Cl)cc3)cc2N(CCc2ccccc2)C1=O. The van der Waals surface area contributed by atoms with Crippen molar-refractivity contribution in [1.82, 2.24) is 0 Å². The van der Waals surface area contributed by atoms with Gasteiger partial charge in [0.05, 0.1) is 5.69 Å². The predicted octanol–water partition coefficient (Wildman–Crippen LogP) is 5.34. The lowest BCUT2D eigenvalue weighted by Crippen LogP contribution is -2.45. The quantitative estimate of drug-likeness (QED) is 0.568. The third kappa shape index (κ3) is 4.98. The summed E-state index contributed by atoms with van der Waals surface area (Å²) in [6.07, 6.45) is 0.156. The summed E-state index contributed by atoms with van der Waals surface area (Å²) in [4.78, 5) is 26.9. The van der Waals surface area contributed by atoms with Crippen LogP contribution >= 0.6 is 11.6 Å². The molecule has 1 heterocycles. The largest absolute Gasteiger partial charge is 0.479 e. The molecule has 0 spiro atoms. The third-order valence-corrected chi connectivity index (χ3v) is 5.25. The number of ether oxygens (including phenoxy) is 1. The molecule has 0 aromatic heterocycles. The van der Waals surface area contributed by atoms with Crippen molar-refractivity contribution in [3.8, 4) is 5.75 Å². The minimum Gasteiger partial charge on any atom is -0.479 e. The maximum Gasteiger partial charge on any atom is 0.323 e.